The van der Waals surface area contributed by atoms with Crippen LogP contribution in [0, 0.1) is 0 Å². The molecule has 45 heavy (non-hydrogen) atoms. The summed E-state index contributed by atoms with van der Waals surface area (Å²) in [6.07, 6.45) is 2.22. The minimum Gasteiger partial charge on any atom is -0.385 e. The van der Waals surface area contributed by atoms with E-state index in [-0.39, 0.29) is 0 Å². The van der Waals surface area contributed by atoms with Crippen LogP contribution in [0.15, 0.2) is 28.7 Å². The highest BCUT2D eigenvalue weighted by Crippen LogP contribution is 2.37. The van der Waals surface area contributed by atoms with Gasteiger partial charge in [0.15, 0.2) is 0 Å². The summed E-state index contributed by atoms with van der Waals surface area (Å²) in [5, 5.41) is 3.74. The highest BCUT2D eigenvalue weighted by atomic mass is 79.9. The van der Waals surface area contributed by atoms with E-state index in [0.717, 1.165) is 32.6 Å². The topological polar surface area (TPSA) is 44.3 Å². The van der Waals surface area contributed by atoms with Crippen molar-refractivity contribution in [3.05, 3.63) is 62.1 Å². The second-order valence-corrected chi connectivity index (χ2v) is 15.6. The summed E-state index contributed by atoms with van der Waals surface area (Å²) in [6.45, 7) is 34.9. The Hall–Kier alpha value is -1.69. The minimum absolute atomic E-state index is 0.549. The molecule has 0 saturated heterocycles. The molecule has 0 bridgehead atoms. The smallest absolute Gasteiger partial charge is 0.143 e. The van der Waals surface area contributed by atoms with Gasteiger partial charge >= 0.3 is 0 Å². The first kappa shape index (κ1) is 43.3. The average Bonchev–Trinajstić information content (AvgIpc) is 2.93. The molecule has 0 fully saturated rings. The molecule has 0 aliphatic rings. The number of rotatable bonds is 14. The Morgan fingerprint density at radius 3 is 1.33 bits per heavy atom. The molecule has 0 aromatic heterocycles. The lowest BCUT2D eigenvalue weighted by atomic mass is 9.87. The zero-order valence-corrected chi connectivity index (χ0v) is 33.7. The Labute approximate surface area is 288 Å². The van der Waals surface area contributed by atoms with Crippen molar-refractivity contribution in [2.45, 2.75) is 131 Å². The number of halogens is 1. The second kappa shape index (κ2) is 22.0. The van der Waals surface area contributed by atoms with Gasteiger partial charge in [-0.3, -0.25) is 0 Å². The van der Waals surface area contributed by atoms with E-state index in [1.807, 2.05) is 11.6 Å². The van der Waals surface area contributed by atoms with Crippen LogP contribution in [0.25, 0.3) is 0 Å². The van der Waals surface area contributed by atoms with Gasteiger partial charge in [0.05, 0.1) is 0 Å². The third-order valence-electron chi connectivity index (χ3n) is 8.02. The van der Waals surface area contributed by atoms with E-state index in [9.17, 15) is 0 Å². The number of nitrogens with zero attached hydrogens (tertiary/aromatic N) is 2. The van der Waals surface area contributed by atoms with Gasteiger partial charge in [0.2, 0.25) is 0 Å². The molecule has 5 heteroatoms. The fraction of sp³-hybridized carbons (Fsp3) is 0.675. The largest absolute Gasteiger partial charge is 0.385 e. The van der Waals surface area contributed by atoms with Crippen LogP contribution in [0.5, 0.6) is 0 Å². The zero-order valence-electron chi connectivity index (χ0n) is 32.1. The Morgan fingerprint density at radius 1 is 0.689 bits per heavy atom. The van der Waals surface area contributed by atoms with Crippen molar-refractivity contribution in [3.63, 3.8) is 0 Å². The number of hydrogen-bond acceptors (Lipinski definition) is 3. The molecule has 3 N–H and O–H groups in total. The Bertz CT molecular complexity index is 1070. The average molecular weight is 689 g/mol. The molecule has 2 rings (SSSR count). The van der Waals surface area contributed by atoms with Crippen molar-refractivity contribution in [2.75, 3.05) is 52.6 Å². The van der Waals surface area contributed by atoms with Crippen LogP contribution in [-0.4, -0.2) is 63.5 Å². The second-order valence-electron chi connectivity index (χ2n) is 14.8. The van der Waals surface area contributed by atoms with Gasteiger partial charge in [0.25, 0.3) is 0 Å². The fourth-order valence-corrected chi connectivity index (χ4v) is 6.14. The van der Waals surface area contributed by atoms with E-state index in [0.29, 0.717) is 35.5 Å². The van der Waals surface area contributed by atoms with E-state index in [4.69, 9.17) is 5.73 Å². The molecule has 2 aromatic carbocycles. The third-order valence-corrected chi connectivity index (χ3v) is 8.94. The fourth-order valence-electron chi connectivity index (χ4n) is 5.00. The lowest BCUT2D eigenvalue weighted by molar-refractivity contribution is -0.488. The van der Waals surface area contributed by atoms with Crippen LogP contribution in [0.2, 0.25) is 0 Å². The molecule has 4 nitrogen and oxygen atoms in total. The van der Waals surface area contributed by atoms with E-state index < -0.39 is 0 Å². The van der Waals surface area contributed by atoms with Gasteiger partial charge in [-0.05, 0) is 102 Å². The lowest BCUT2D eigenvalue weighted by Crippen LogP contribution is -2.17. The highest BCUT2D eigenvalue weighted by molar-refractivity contribution is 9.10. The summed E-state index contributed by atoms with van der Waals surface area (Å²) in [5.41, 5.74) is 15.3. The normalized spacial score (nSPS) is 11.5. The summed E-state index contributed by atoms with van der Waals surface area (Å²) >= 11 is 3.77. The Kier molecular flexibility index (Phi) is 21.2. The summed E-state index contributed by atoms with van der Waals surface area (Å²) in [4.78, 5) is 2.25. The zero-order chi connectivity index (χ0) is 35.0. The molecular weight excluding hydrogens is 616 g/mol. The van der Waals surface area contributed by atoms with Crippen LogP contribution in [0.4, 0.5) is 5.69 Å². The minimum atomic E-state index is 0.549. The molecular formula is C40H72BrN4+. The van der Waals surface area contributed by atoms with Crippen molar-refractivity contribution >= 4 is 28.3 Å². The first-order chi connectivity index (χ1) is 20.8. The molecule has 0 aliphatic carbocycles. The van der Waals surface area contributed by atoms with Gasteiger partial charge in [0, 0.05) is 23.1 Å². The maximum absolute atomic E-state index is 5.22. The molecule has 0 radical (unpaired) electrons. The van der Waals surface area contributed by atoms with E-state index in [2.05, 4.69) is 154 Å². The van der Waals surface area contributed by atoms with Gasteiger partial charge in [0.1, 0.15) is 20.3 Å². The Morgan fingerprint density at radius 2 is 1.07 bits per heavy atom. The van der Waals surface area contributed by atoms with Gasteiger partial charge in [-0.1, -0.05) is 123 Å². The first-order valence-electron chi connectivity index (χ1n) is 17.5. The maximum atomic E-state index is 5.22. The van der Waals surface area contributed by atoms with Crippen molar-refractivity contribution in [1.29, 1.82) is 0 Å². The predicted octanol–water partition coefficient (Wildman–Crippen LogP) is 10.9. The van der Waals surface area contributed by atoms with Crippen LogP contribution < -0.4 is 11.1 Å². The summed E-state index contributed by atoms with van der Waals surface area (Å²) in [7, 11) is 6.21. The number of nitrogens with two attached hydrogens (primary N) is 1. The summed E-state index contributed by atoms with van der Waals surface area (Å²) < 4.78 is 3.19. The van der Waals surface area contributed by atoms with Crippen LogP contribution in [0.1, 0.15) is 165 Å². The van der Waals surface area contributed by atoms with Crippen molar-refractivity contribution in [2.24, 2.45) is 5.73 Å². The molecule has 0 heterocycles. The van der Waals surface area contributed by atoms with Crippen molar-refractivity contribution in [1.82, 2.24) is 4.90 Å². The SMILES string of the molecule is C=[N+](C)CCCN.CC(C)c1cc(C(C)C)c(Br)c(C(C)C)c1.CC(C)c1cc(C(C)C)c(NCCCN(C)C)c(C(C)C)c1. The van der Waals surface area contributed by atoms with Crippen LogP contribution in [0.3, 0.4) is 0 Å². The predicted molar refractivity (Wildman–Crippen MR) is 209 cm³/mol. The van der Waals surface area contributed by atoms with Gasteiger partial charge < -0.3 is 16.0 Å². The quantitative estimate of drug-likeness (QED) is 0.118. The molecule has 2 aromatic rings. The van der Waals surface area contributed by atoms with Gasteiger partial charge in [-0.25, -0.2) is 4.58 Å². The van der Waals surface area contributed by atoms with Gasteiger partial charge in [-0.15, -0.1) is 0 Å². The standard InChI is InChI=1S/C20H36N2.C15H23Br.C5H13N2/c1-14(2)17-12-18(15(3)4)20(19(13-17)16(5)6)21-10-9-11-22(7)8;1-9(2)12-7-13(10(3)4)15(16)14(8-12)11(5)6;1-7(2)5-3-4-6/h12-16,21H,9-11H2,1-8H3;7-11H,1-6H3;1,3-6H2,2H3/q;;+1. The maximum Gasteiger partial charge on any atom is 0.143 e. The number of anilines is 1. The summed E-state index contributed by atoms with van der Waals surface area (Å²) in [5.74, 6) is 3.43. The number of benzene rings is 2. The first-order valence-corrected chi connectivity index (χ1v) is 18.3. The monoisotopic (exact) mass is 687 g/mol. The molecule has 0 spiro atoms. The molecule has 0 amide bonds. The lowest BCUT2D eigenvalue weighted by Gasteiger charge is -2.24. The van der Waals surface area contributed by atoms with Crippen LogP contribution in [-0.2, 0) is 0 Å². The summed E-state index contributed by atoms with van der Waals surface area (Å²) in [6, 6.07) is 9.53. The third kappa shape index (κ3) is 16.1. The molecule has 0 aliphatic heterocycles. The van der Waals surface area contributed by atoms with Crippen LogP contribution >= 0.6 is 15.9 Å². The molecule has 0 saturated carbocycles. The molecule has 0 atom stereocenters. The number of hydrogen-bond donors (Lipinski definition) is 2. The number of nitrogens with one attached hydrogen (secondary N) is 1. The van der Waals surface area contributed by atoms with Crippen molar-refractivity contribution in [3.8, 4) is 0 Å². The Balaban J connectivity index is 0.000000733. The van der Waals surface area contributed by atoms with Gasteiger partial charge in [-0.2, -0.15) is 0 Å². The van der Waals surface area contributed by atoms with E-state index in [1.165, 1.54) is 50.0 Å². The molecule has 258 valence electrons. The van der Waals surface area contributed by atoms with E-state index in [1.54, 1.807) is 0 Å². The highest BCUT2D eigenvalue weighted by Gasteiger charge is 2.17. The van der Waals surface area contributed by atoms with Crippen molar-refractivity contribution < 1.29 is 4.58 Å². The van der Waals surface area contributed by atoms with E-state index >= 15 is 0 Å². The molecule has 0 unspecified atom stereocenters.